The first-order valence-corrected chi connectivity index (χ1v) is 7.09. The van der Waals surface area contributed by atoms with Crippen LogP contribution in [0.3, 0.4) is 0 Å². The summed E-state index contributed by atoms with van der Waals surface area (Å²) < 4.78 is 11.5. The van der Waals surface area contributed by atoms with Crippen molar-refractivity contribution in [1.82, 2.24) is 15.1 Å². The average molecular weight is 313 g/mol. The van der Waals surface area contributed by atoms with E-state index in [0.717, 1.165) is 4.68 Å². The van der Waals surface area contributed by atoms with Crippen LogP contribution in [0, 0.1) is 0 Å². The maximum absolute atomic E-state index is 12.2. The van der Waals surface area contributed by atoms with E-state index < -0.39 is 6.04 Å². The SMILES string of the molecule is CC(C(=O)NCc1ccco1)n1nc(-c2ccco2)ccc1=O. The van der Waals surface area contributed by atoms with Crippen molar-refractivity contribution in [2.45, 2.75) is 19.5 Å². The van der Waals surface area contributed by atoms with Gasteiger partial charge in [-0.15, -0.1) is 0 Å². The Labute approximate surface area is 131 Å². The second-order valence-corrected chi connectivity index (χ2v) is 4.95. The molecule has 0 saturated heterocycles. The highest BCUT2D eigenvalue weighted by Gasteiger charge is 2.18. The Balaban J connectivity index is 1.78. The molecule has 0 bridgehead atoms. The Morgan fingerprint density at radius 2 is 2.00 bits per heavy atom. The number of furan rings is 2. The molecular formula is C16H15N3O4. The number of rotatable bonds is 5. The molecule has 3 aromatic heterocycles. The molecule has 0 radical (unpaired) electrons. The average Bonchev–Trinajstić information content (AvgIpc) is 3.25. The maximum atomic E-state index is 12.2. The fourth-order valence-electron chi connectivity index (χ4n) is 2.10. The Bertz CT molecular complexity index is 835. The summed E-state index contributed by atoms with van der Waals surface area (Å²) in [6.07, 6.45) is 3.05. The van der Waals surface area contributed by atoms with Gasteiger partial charge in [-0.1, -0.05) is 0 Å². The van der Waals surface area contributed by atoms with E-state index in [9.17, 15) is 9.59 Å². The zero-order chi connectivity index (χ0) is 16.2. The lowest BCUT2D eigenvalue weighted by atomic mass is 10.3. The van der Waals surface area contributed by atoms with Crippen molar-refractivity contribution in [1.29, 1.82) is 0 Å². The molecule has 3 heterocycles. The summed E-state index contributed by atoms with van der Waals surface area (Å²) in [5.74, 6) is 0.838. The van der Waals surface area contributed by atoms with E-state index in [1.165, 1.54) is 18.6 Å². The first-order valence-electron chi connectivity index (χ1n) is 7.09. The number of nitrogens with one attached hydrogen (secondary N) is 1. The molecule has 0 fully saturated rings. The first-order chi connectivity index (χ1) is 11.1. The van der Waals surface area contributed by atoms with Gasteiger partial charge in [0.25, 0.3) is 5.56 Å². The van der Waals surface area contributed by atoms with Gasteiger partial charge in [0.15, 0.2) is 5.76 Å². The van der Waals surface area contributed by atoms with E-state index in [4.69, 9.17) is 8.83 Å². The van der Waals surface area contributed by atoms with Gasteiger partial charge >= 0.3 is 0 Å². The molecule has 0 spiro atoms. The van der Waals surface area contributed by atoms with Crippen molar-refractivity contribution in [3.05, 3.63) is 65.0 Å². The van der Waals surface area contributed by atoms with Crippen LogP contribution in [0.1, 0.15) is 18.7 Å². The molecule has 118 valence electrons. The highest BCUT2D eigenvalue weighted by molar-refractivity contribution is 5.79. The quantitative estimate of drug-likeness (QED) is 0.777. The van der Waals surface area contributed by atoms with Crippen LogP contribution in [0.2, 0.25) is 0 Å². The highest BCUT2D eigenvalue weighted by Crippen LogP contribution is 2.16. The Hall–Kier alpha value is -3.09. The fraction of sp³-hybridized carbons (Fsp3) is 0.188. The molecule has 7 heteroatoms. The molecule has 23 heavy (non-hydrogen) atoms. The van der Waals surface area contributed by atoms with Crippen molar-refractivity contribution >= 4 is 5.91 Å². The molecular weight excluding hydrogens is 298 g/mol. The molecule has 1 atom stereocenters. The van der Waals surface area contributed by atoms with Crippen LogP contribution in [0.5, 0.6) is 0 Å². The summed E-state index contributed by atoms with van der Waals surface area (Å²) in [5.41, 5.74) is 0.126. The molecule has 0 aliphatic carbocycles. The Kier molecular flexibility index (Phi) is 4.09. The summed E-state index contributed by atoms with van der Waals surface area (Å²) >= 11 is 0. The van der Waals surface area contributed by atoms with Gasteiger partial charge in [-0.05, 0) is 37.3 Å². The normalized spacial score (nSPS) is 12.0. The molecule has 3 aromatic rings. The van der Waals surface area contributed by atoms with Crippen LogP contribution in [0.4, 0.5) is 0 Å². The topological polar surface area (TPSA) is 90.3 Å². The zero-order valence-corrected chi connectivity index (χ0v) is 12.4. The van der Waals surface area contributed by atoms with E-state index in [0.29, 0.717) is 17.2 Å². The van der Waals surface area contributed by atoms with Gasteiger partial charge in [0, 0.05) is 6.07 Å². The molecule has 0 aliphatic rings. The summed E-state index contributed by atoms with van der Waals surface area (Å²) in [5, 5.41) is 6.92. The minimum absolute atomic E-state index is 0.253. The molecule has 7 nitrogen and oxygen atoms in total. The number of hydrogen-bond acceptors (Lipinski definition) is 5. The number of hydrogen-bond donors (Lipinski definition) is 1. The third-order valence-corrected chi connectivity index (χ3v) is 3.36. The summed E-state index contributed by atoms with van der Waals surface area (Å²) in [7, 11) is 0. The molecule has 1 N–H and O–H groups in total. The van der Waals surface area contributed by atoms with Crippen molar-refractivity contribution in [3.63, 3.8) is 0 Å². The predicted molar refractivity (Wildman–Crippen MR) is 81.5 cm³/mol. The minimum Gasteiger partial charge on any atom is -0.467 e. The largest absolute Gasteiger partial charge is 0.467 e. The third-order valence-electron chi connectivity index (χ3n) is 3.36. The van der Waals surface area contributed by atoms with Crippen LogP contribution in [-0.4, -0.2) is 15.7 Å². The van der Waals surface area contributed by atoms with Crippen molar-refractivity contribution in [2.75, 3.05) is 0 Å². The molecule has 1 amide bonds. The lowest BCUT2D eigenvalue weighted by Crippen LogP contribution is -2.36. The van der Waals surface area contributed by atoms with Crippen molar-refractivity contribution < 1.29 is 13.6 Å². The number of nitrogens with zero attached hydrogens (tertiary/aromatic N) is 2. The number of aromatic nitrogens is 2. The van der Waals surface area contributed by atoms with Crippen molar-refractivity contribution in [3.8, 4) is 11.5 Å². The van der Waals surface area contributed by atoms with E-state index in [1.807, 2.05) is 0 Å². The maximum Gasteiger partial charge on any atom is 0.267 e. The zero-order valence-electron chi connectivity index (χ0n) is 12.4. The van der Waals surface area contributed by atoms with Crippen LogP contribution < -0.4 is 10.9 Å². The van der Waals surface area contributed by atoms with E-state index in [-0.39, 0.29) is 18.0 Å². The van der Waals surface area contributed by atoms with Gasteiger partial charge in [0.05, 0.1) is 19.1 Å². The smallest absolute Gasteiger partial charge is 0.267 e. The second kappa shape index (κ2) is 6.35. The highest BCUT2D eigenvalue weighted by atomic mass is 16.3. The standard InChI is InChI=1S/C16H15N3O4/c1-11(16(21)17-10-12-4-2-8-22-12)19-15(20)7-6-13(18-19)14-5-3-9-23-14/h2-9,11H,10H2,1H3,(H,17,21). The van der Waals surface area contributed by atoms with Gasteiger partial charge in [0.1, 0.15) is 17.5 Å². The predicted octanol–water partition coefficient (Wildman–Crippen LogP) is 1.97. The molecule has 3 rings (SSSR count). The lowest BCUT2D eigenvalue weighted by Gasteiger charge is -2.14. The fourth-order valence-corrected chi connectivity index (χ4v) is 2.10. The van der Waals surface area contributed by atoms with E-state index in [2.05, 4.69) is 10.4 Å². The van der Waals surface area contributed by atoms with Gasteiger partial charge in [-0.3, -0.25) is 9.59 Å². The van der Waals surface area contributed by atoms with Crippen LogP contribution in [-0.2, 0) is 11.3 Å². The first kappa shape index (κ1) is 14.8. The molecule has 0 aromatic carbocycles. The molecule has 0 aliphatic heterocycles. The second-order valence-electron chi connectivity index (χ2n) is 4.95. The van der Waals surface area contributed by atoms with Gasteiger partial charge in [0.2, 0.25) is 5.91 Å². The van der Waals surface area contributed by atoms with E-state index in [1.54, 1.807) is 37.3 Å². The van der Waals surface area contributed by atoms with E-state index >= 15 is 0 Å². The van der Waals surface area contributed by atoms with Gasteiger partial charge < -0.3 is 14.2 Å². The van der Waals surface area contributed by atoms with Crippen molar-refractivity contribution in [2.24, 2.45) is 0 Å². The van der Waals surface area contributed by atoms with Crippen LogP contribution in [0.25, 0.3) is 11.5 Å². The Morgan fingerprint density at radius 3 is 2.70 bits per heavy atom. The summed E-state index contributed by atoms with van der Waals surface area (Å²) in [6.45, 7) is 1.86. The number of amides is 1. The third kappa shape index (κ3) is 3.23. The number of carbonyl (C=O) groups excluding carboxylic acids is 1. The van der Waals surface area contributed by atoms with Gasteiger partial charge in [-0.25, -0.2) is 4.68 Å². The van der Waals surface area contributed by atoms with Crippen LogP contribution in [0.15, 0.2) is 62.6 Å². The van der Waals surface area contributed by atoms with Crippen LogP contribution >= 0.6 is 0 Å². The summed E-state index contributed by atoms with van der Waals surface area (Å²) in [6, 6.07) is 9.13. The number of carbonyl (C=O) groups is 1. The monoisotopic (exact) mass is 313 g/mol. The van der Waals surface area contributed by atoms with Gasteiger partial charge in [-0.2, -0.15) is 5.10 Å². The lowest BCUT2D eigenvalue weighted by molar-refractivity contribution is -0.124. The molecule has 1 unspecified atom stereocenters. The summed E-state index contributed by atoms with van der Waals surface area (Å²) in [4.78, 5) is 24.2. The minimum atomic E-state index is -0.757. The molecule has 0 saturated carbocycles. The Morgan fingerprint density at radius 1 is 1.22 bits per heavy atom.